The van der Waals surface area contributed by atoms with E-state index >= 15 is 0 Å². The van der Waals surface area contributed by atoms with Gasteiger partial charge in [-0.05, 0) is 18.3 Å². The molecule has 0 saturated heterocycles. The molecular formula is C21H43O. The summed E-state index contributed by atoms with van der Waals surface area (Å²) in [6, 6.07) is 0. The molecule has 0 heterocycles. The number of hydrogen-bond donors (Lipinski definition) is 1. The van der Waals surface area contributed by atoms with E-state index in [2.05, 4.69) is 20.8 Å². The van der Waals surface area contributed by atoms with Gasteiger partial charge in [0.25, 0.3) is 0 Å². The standard InChI is InChI=1S/C21H43O/c1-4-5-6-7-8-9-10-11-12-13-14-15-16-17-20(2)21(3)18-19-22/h20,22H,4-19H2,1-3H3. The fourth-order valence-electron chi connectivity index (χ4n) is 3.14. The normalized spacial score (nSPS) is 13.0. The van der Waals surface area contributed by atoms with Crippen molar-refractivity contribution in [3.63, 3.8) is 0 Å². The van der Waals surface area contributed by atoms with E-state index in [0.717, 1.165) is 6.42 Å². The van der Waals surface area contributed by atoms with Crippen LogP contribution in [0, 0.1) is 11.8 Å². The molecule has 0 fully saturated rings. The molecule has 0 spiro atoms. The molecule has 1 atom stereocenters. The van der Waals surface area contributed by atoms with E-state index in [-0.39, 0.29) is 0 Å². The highest BCUT2D eigenvalue weighted by Crippen LogP contribution is 2.23. The third-order valence-electron chi connectivity index (χ3n) is 5.09. The average molecular weight is 312 g/mol. The Morgan fingerprint density at radius 2 is 1.14 bits per heavy atom. The Morgan fingerprint density at radius 1 is 0.727 bits per heavy atom. The Hall–Kier alpha value is -0.0400. The maximum Gasteiger partial charge on any atom is 0.0436 e. The zero-order chi connectivity index (χ0) is 16.5. The van der Waals surface area contributed by atoms with Crippen molar-refractivity contribution in [1.82, 2.24) is 0 Å². The van der Waals surface area contributed by atoms with Crippen LogP contribution in [0.25, 0.3) is 0 Å². The van der Waals surface area contributed by atoms with Crippen LogP contribution in [0.3, 0.4) is 0 Å². The number of unbranched alkanes of at least 4 members (excludes halogenated alkanes) is 12. The van der Waals surface area contributed by atoms with E-state index in [1.807, 2.05) is 0 Å². The molecule has 0 aromatic rings. The van der Waals surface area contributed by atoms with Crippen LogP contribution in [0.2, 0.25) is 0 Å². The van der Waals surface area contributed by atoms with Crippen molar-refractivity contribution in [1.29, 1.82) is 0 Å². The summed E-state index contributed by atoms with van der Waals surface area (Å²) in [5.74, 6) is 2.17. The lowest BCUT2D eigenvalue weighted by molar-refractivity contribution is 0.282. The van der Waals surface area contributed by atoms with Gasteiger partial charge in [0.15, 0.2) is 0 Å². The molecule has 1 heteroatoms. The summed E-state index contributed by atoms with van der Waals surface area (Å²) >= 11 is 0. The second-order valence-electron chi connectivity index (χ2n) is 7.25. The molecule has 0 bridgehead atoms. The third-order valence-corrected chi connectivity index (χ3v) is 5.09. The highest BCUT2D eigenvalue weighted by atomic mass is 16.3. The second kappa shape index (κ2) is 17.3. The first kappa shape index (κ1) is 22.0. The van der Waals surface area contributed by atoms with Crippen molar-refractivity contribution >= 4 is 0 Å². The van der Waals surface area contributed by atoms with Crippen molar-refractivity contribution < 1.29 is 5.11 Å². The van der Waals surface area contributed by atoms with Crippen LogP contribution < -0.4 is 0 Å². The number of hydrogen-bond acceptors (Lipinski definition) is 1. The van der Waals surface area contributed by atoms with E-state index in [1.54, 1.807) is 0 Å². The van der Waals surface area contributed by atoms with Crippen molar-refractivity contribution in [3.05, 3.63) is 5.92 Å². The van der Waals surface area contributed by atoms with Gasteiger partial charge in [-0.3, -0.25) is 0 Å². The first-order chi connectivity index (χ1) is 10.7. The van der Waals surface area contributed by atoms with Gasteiger partial charge in [-0.25, -0.2) is 0 Å². The molecule has 0 amide bonds. The Bertz CT molecular complexity index is 202. The number of rotatable bonds is 17. The lowest BCUT2D eigenvalue weighted by atomic mass is 9.88. The van der Waals surface area contributed by atoms with Crippen LogP contribution in [-0.4, -0.2) is 11.7 Å². The monoisotopic (exact) mass is 311 g/mol. The molecular weight excluding hydrogens is 268 g/mol. The minimum Gasteiger partial charge on any atom is -0.396 e. The lowest BCUT2D eigenvalue weighted by Crippen LogP contribution is -2.07. The van der Waals surface area contributed by atoms with E-state index in [4.69, 9.17) is 5.11 Å². The molecule has 1 radical (unpaired) electrons. The predicted octanol–water partition coefficient (Wildman–Crippen LogP) is 7.08. The Balaban J connectivity index is 3.14. The molecule has 133 valence electrons. The van der Waals surface area contributed by atoms with Crippen LogP contribution in [0.1, 0.15) is 117 Å². The van der Waals surface area contributed by atoms with Gasteiger partial charge in [-0.1, -0.05) is 111 Å². The van der Waals surface area contributed by atoms with E-state index in [9.17, 15) is 0 Å². The largest absolute Gasteiger partial charge is 0.396 e. The van der Waals surface area contributed by atoms with Crippen molar-refractivity contribution in [2.45, 2.75) is 117 Å². The van der Waals surface area contributed by atoms with E-state index in [1.165, 1.54) is 95.8 Å². The first-order valence-corrected chi connectivity index (χ1v) is 10.2. The molecule has 22 heavy (non-hydrogen) atoms. The van der Waals surface area contributed by atoms with Gasteiger partial charge in [0.05, 0.1) is 0 Å². The second-order valence-corrected chi connectivity index (χ2v) is 7.25. The Morgan fingerprint density at radius 3 is 1.55 bits per heavy atom. The number of aliphatic hydroxyl groups is 1. The van der Waals surface area contributed by atoms with Gasteiger partial charge in [0, 0.05) is 6.61 Å². The first-order valence-electron chi connectivity index (χ1n) is 10.2. The maximum atomic E-state index is 8.95. The van der Waals surface area contributed by atoms with Gasteiger partial charge >= 0.3 is 0 Å². The summed E-state index contributed by atoms with van der Waals surface area (Å²) in [4.78, 5) is 0. The summed E-state index contributed by atoms with van der Waals surface area (Å²) in [5, 5.41) is 8.95. The zero-order valence-corrected chi connectivity index (χ0v) is 15.8. The Kier molecular flexibility index (Phi) is 17.3. The molecule has 0 saturated carbocycles. The zero-order valence-electron chi connectivity index (χ0n) is 15.8. The van der Waals surface area contributed by atoms with Gasteiger partial charge in [0.2, 0.25) is 0 Å². The SMILES string of the molecule is CCCCCCCCCCCCCCCC(C)[C](C)CCO. The minimum atomic E-state index is 0.314. The predicted molar refractivity (Wildman–Crippen MR) is 100 cm³/mol. The molecule has 0 rings (SSSR count). The van der Waals surface area contributed by atoms with E-state index < -0.39 is 0 Å². The van der Waals surface area contributed by atoms with Crippen LogP contribution >= 0.6 is 0 Å². The minimum absolute atomic E-state index is 0.314. The van der Waals surface area contributed by atoms with Crippen LogP contribution in [-0.2, 0) is 0 Å². The van der Waals surface area contributed by atoms with Crippen LogP contribution in [0.5, 0.6) is 0 Å². The summed E-state index contributed by atoms with van der Waals surface area (Å²) in [6.07, 6.45) is 20.8. The lowest BCUT2D eigenvalue weighted by Gasteiger charge is -2.18. The average Bonchev–Trinajstić information content (AvgIpc) is 2.51. The van der Waals surface area contributed by atoms with Crippen molar-refractivity contribution in [2.75, 3.05) is 6.61 Å². The van der Waals surface area contributed by atoms with Gasteiger partial charge in [-0.2, -0.15) is 0 Å². The fourth-order valence-corrected chi connectivity index (χ4v) is 3.14. The molecule has 1 nitrogen and oxygen atoms in total. The summed E-state index contributed by atoms with van der Waals surface area (Å²) in [5.41, 5.74) is 0. The highest BCUT2D eigenvalue weighted by Gasteiger charge is 2.11. The summed E-state index contributed by atoms with van der Waals surface area (Å²) in [7, 11) is 0. The highest BCUT2D eigenvalue weighted by molar-refractivity contribution is 4.89. The van der Waals surface area contributed by atoms with Crippen molar-refractivity contribution in [3.8, 4) is 0 Å². The molecule has 0 aliphatic heterocycles. The quantitative estimate of drug-likeness (QED) is 0.284. The van der Waals surface area contributed by atoms with E-state index in [0.29, 0.717) is 12.5 Å². The molecule has 1 N–H and O–H groups in total. The smallest absolute Gasteiger partial charge is 0.0436 e. The maximum absolute atomic E-state index is 8.95. The van der Waals surface area contributed by atoms with Gasteiger partial charge in [-0.15, -0.1) is 0 Å². The summed E-state index contributed by atoms with van der Waals surface area (Å²) in [6.45, 7) is 7.11. The number of aliphatic hydroxyl groups excluding tert-OH is 1. The molecule has 1 unspecified atom stereocenters. The summed E-state index contributed by atoms with van der Waals surface area (Å²) < 4.78 is 0. The molecule has 0 aromatic carbocycles. The van der Waals surface area contributed by atoms with Crippen LogP contribution in [0.15, 0.2) is 0 Å². The molecule has 0 aliphatic rings. The van der Waals surface area contributed by atoms with Gasteiger partial charge in [0.1, 0.15) is 0 Å². The van der Waals surface area contributed by atoms with Crippen molar-refractivity contribution in [2.24, 2.45) is 5.92 Å². The topological polar surface area (TPSA) is 20.2 Å². The fraction of sp³-hybridized carbons (Fsp3) is 0.952. The molecule has 0 aliphatic carbocycles. The van der Waals surface area contributed by atoms with Gasteiger partial charge < -0.3 is 5.11 Å². The molecule has 0 aromatic heterocycles. The third kappa shape index (κ3) is 14.9. The van der Waals surface area contributed by atoms with Crippen LogP contribution in [0.4, 0.5) is 0 Å². The Labute approximate surface area is 141 Å².